The Bertz CT molecular complexity index is 1080. The second-order valence-electron chi connectivity index (χ2n) is 11.3. The first kappa shape index (κ1) is 27.6. The number of anilines is 1. The predicted molar refractivity (Wildman–Crippen MR) is 147 cm³/mol. The Morgan fingerprint density at radius 3 is 2.42 bits per heavy atom. The Morgan fingerprint density at radius 1 is 1.03 bits per heavy atom. The molecule has 2 fully saturated rings. The highest BCUT2D eigenvalue weighted by Gasteiger charge is 2.41. The number of ether oxygens (including phenoxy) is 1. The second-order valence-corrected chi connectivity index (χ2v) is 11.3. The summed E-state index contributed by atoms with van der Waals surface area (Å²) < 4.78 is 5.62. The van der Waals surface area contributed by atoms with Gasteiger partial charge in [-0.2, -0.15) is 0 Å². The largest absolute Gasteiger partial charge is 0.444 e. The summed E-state index contributed by atoms with van der Waals surface area (Å²) in [5.74, 6) is -0.311. The number of nitrogens with zero attached hydrogens (tertiary/aromatic N) is 3. The molecule has 3 amide bonds. The molecule has 2 aliphatic rings. The number of pyridine rings is 1. The van der Waals surface area contributed by atoms with Gasteiger partial charge in [0.2, 0.25) is 5.91 Å². The minimum atomic E-state index is -0.675. The number of hydrogen-bond acceptors (Lipinski definition) is 5. The van der Waals surface area contributed by atoms with Gasteiger partial charge in [-0.3, -0.25) is 19.5 Å². The van der Waals surface area contributed by atoms with E-state index < -0.39 is 23.8 Å². The summed E-state index contributed by atoms with van der Waals surface area (Å²) >= 11 is 0. The van der Waals surface area contributed by atoms with Crippen molar-refractivity contribution in [2.24, 2.45) is 0 Å². The zero-order chi connectivity index (χ0) is 27.1. The molecule has 1 aromatic heterocycles. The summed E-state index contributed by atoms with van der Waals surface area (Å²) in [5.41, 5.74) is 0.778. The number of nitrogens with one attached hydrogen (secondary N) is 1. The molecule has 1 saturated heterocycles. The Labute approximate surface area is 225 Å². The first-order chi connectivity index (χ1) is 18.2. The van der Waals surface area contributed by atoms with E-state index in [1.807, 2.05) is 63.2 Å². The molecule has 1 aliphatic carbocycles. The molecule has 4 rings (SSSR count). The topological polar surface area (TPSA) is 91.8 Å². The molecule has 8 nitrogen and oxygen atoms in total. The summed E-state index contributed by atoms with van der Waals surface area (Å²) in [6, 6.07) is 12.0. The van der Waals surface area contributed by atoms with E-state index in [0.29, 0.717) is 25.1 Å². The highest BCUT2D eigenvalue weighted by molar-refractivity contribution is 6.00. The molecule has 204 valence electrons. The molecule has 1 saturated carbocycles. The molecule has 2 heterocycles. The Balaban J connectivity index is 1.66. The average molecular weight is 521 g/mol. The molecule has 1 N–H and O–H groups in total. The number of carbonyl (C=O) groups is 3. The fraction of sp³-hybridized carbons (Fsp3) is 0.533. The molecule has 0 spiro atoms. The van der Waals surface area contributed by atoms with Crippen LogP contribution in [0.25, 0.3) is 0 Å². The van der Waals surface area contributed by atoms with E-state index in [1.54, 1.807) is 17.3 Å². The van der Waals surface area contributed by atoms with Crippen LogP contribution in [-0.4, -0.2) is 52.0 Å². The van der Waals surface area contributed by atoms with E-state index in [0.717, 1.165) is 31.2 Å². The van der Waals surface area contributed by atoms with Gasteiger partial charge in [-0.05, 0) is 70.2 Å². The maximum absolute atomic E-state index is 14.3. The van der Waals surface area contributed by atoms with Crippen molar-refractivity contribution >= 4 is 23.6 Å². The summed E-state index contributed by atoms with van der Waals surface area (Å²) in [6.45, 7) is 5.90. The van der Waals surface area contributed by atoms with Crippen molar-refractivity contribution in [3.63, 3.8) is 0 Å². The van der Waals surface area contributed by atoms with Crippen molar-refractivity contribution in [1.29, 1.82) is 0 Å². The quantitative estimate of drug-likeness (QED) is 0.528. The van der Waals surface area contributed by atoms with E-state index in [2.05, 4.69) is 10.3 Å². The number of likely N-dealkylation sites (tertiary alicyclic amines) is 1. The van der Waals surface area contributed by atoms with Crippen LogP contribution in [0.5, 0.6) is 0 Å². The molecule has 8 heteroatoms. The Morgan fingerprint density at radius 2 is 1.76 bits per heavy atom. The summed E-state index contributed by atoms with van der Waals surface area (Å²) in [7, 11) is 0. The number of aromatic nitrogens is 1. The fourth-order valence-corrected chi connectivity index (χ4v) is 5.41. The lowest BCUT2D eigenvalue weighted by atomic mass is 9.95. The van der Waals surface area contributed by atoms with Crippen molar-refractivity contribution in [2.45, 2.75) is 95.9 Å². The lowest BCUT2D eigenvalue weighted by Gasteiger charge is -2.36. The van der Waals surface area contributed by atoms with Gasteiger partial charge in [0.15, 0.2) is 0 Å². The lowest BCUT2D eigenvalue weighted by molar-refractivity contribution is -0.124. The highest BCUT2D eigenvalue weighted by atomic mass is 16.6. The molecule has 0 bridgehead atoms. The number of amides is 3. The van der Waals surface area contributed by atoms with Crippen molar-refractivity contribution in [3.8, 4) is 0 Å². The van der Waals surface area contributed by atoms with Crippen LogP contribution in [0, 0.1) is 0 Å². The van der Waals surface area contributed by atoms with Crippen LogP contribution >= 0.6 is 0 Å². The smallest absolute Gasteiger partial charge is 0.410 e. The van der Waals surface area contributed by atoms with Gasteiger partial charge in [0.1, 0.15) is 11.6 Å². The summed E-state index contributed by atoms with van der Waals surface area (Å²) in [4.78, 5) is 48.2. The minimum absolute atomic E-state index is 0.0881. The molecule has 38 heavy (non-hydrogen) atoms. The van der Waals surface area contributed by atoms with Crippen molar-refractivity contribution < 1.29 is 19.1 Å². The third-order valence-electron chi connectivity index (χ3n) is 7.17. The molecular weight excluding hydrogens is 480 g/mol. The van der Waals surface area contributed by atoms with Gasteiger partial charge in [0.05, 0.1) is 12.5 Å². The molecule has 2 atom stereocenters. The molecule has 0 radical (unpaired) electrons. The van der Waals surface area contributed by atoms with Crippen LogP contribution < -0.4 is 10.2 Å². The number of benzene rings is 1. The van der Waals surface area contributed by atoms with Crippen LogP contribution in [0.2, 0.25) is 0 Å². The van der Waals surface area contributed by atoms with E-state index in [1.165, 1.54) is 11.3 Å². The SMILES string of the molecule is CC(C)(C)OC(=O)N1CCC[C@@H]1C(=O)N(c1ccccc1)C(CC(=O)NC1CCCCC1)c1cccnc1. The van der Waals surface area contributed by atoms with Crippen LogP contribution in [-0.2, 0) is 14.3 Å². The molecule has 2 aromatic rings. The summed E-state index contributed by atoms with van der Waals surface area (Å²) in [6.07, 6.45) is 9.65. The number of para-hydroxylation sites is 1. The van der Waals surface area contributed by atoms with Crippen molar-refractivity contribution in [3.05, 3.63) is 60.4 Å². The van der Waals surface area contributed by atoms with E-state index in [-0.39, 0.29) is 24.3 Å². The van der Waals surface area contributed by atoms with Crippen molar-refractivity contribution in [2.75, 3.05) is 11.4 Å². The third-order valence-corrected chi connectivity index (χ3v) is 7.17. The van der Waals surface area contributed by atoms with Gasteiger partial charge in [0, 0.05) is 30.7 Å². The van der Waals surface area contributed by atoms with Crippen LogP contribution in [0.15, 0.2) is 54.9 Å². The van der Waals surface area contributed by atoms with Gasteiger partial charge in [-0.15, -0.1) is 0 Å². The highest BCUT2D eigenvalue weighted by Crippen LogP contribution is 2.33. The minimum Gasteiger partial charge on any atom is -0.444 e. The fourth-order valence-electron chi connectivity index (χ4n) is 5.41. The number of carbonyl (C=O) groups excluding carboxylic acids is 3. The average Bonchev–Trinajstić information content (AvgIpc) is 3.39. The van der Waals surface area contributed by atoms with Gasteiger partial charge >= 0.3 is 6.09 Å². The van der Waals surface area contributed by atoms with Crippen LogP contribution in [0.3, 0.4) is 0 Å². The maximum atomic E-state index is 14.3. The molecule has 1 aromatic carbocycles. The van der Waals surface area contributed by atoms with Crippen molar-refractivity contribution in [1.82, 2.24) is 15.2 Å². The first-order valence-corrected chi connectivity index (χ1v) is 13.8. The van der Waals surface area contributed by atoms with Gasteiger partial charge in [-0.25, -0.2) is 4.79 Å². The van der Waals surface area contributed by atoms with Gasteiger partial charge < -0.3 is 15.0 Å². The summed E-state index contributed by atoms with van der Waals surface area (Å²) in [5, 5.41) is 3.20. The second kappa shape index (κ2) is 12.4. The molecular formula is C30H40N4O4. The standard InChI is InChI=1S/C30H40N4O4/c1-30(2,3)38-29(37)33-19-11-17-25(33)28(36)34(24-15-8-5-9-16-24)26(22-12-10-18-31-21-22)20-27(35)32-23-13-6-4-7-14-23/h5,8-10,12,15-16,18,21,23,25-26H,4,6-7,11,13-14,17,19-20H2,1-3H3,(H,32,35)/t25-,26?/m1/s1. The van der Waals surface area contributed by atoms with Gasteiger partial charge in [0.25, 0.3) is 5.91 Å². The first-order valence-electron chi connectivity index (χ1n) is 13.8. The zero-order valence-electron chi connectivity index (χ0n) is 22.8. The predicted octanol–water partition coefficient (Wildman–Crippen LogP) is 5.39. The van der Waals surface area contributed by atoms with E-state index in [4.69, 9.17) is 4.74 Å². The maximum Gasteiger partial charge on any atom is 0.410 e. The number of rotatable bonds is 7. The Hall–Kier alpha value is -3.42. The van der Waals surface area contributed by atoms with E-state index in [9.17, 15) is 14.4 Å². The molecule has 1 unspecified atom stereocenters. The van der Waals surface area contributed by atoms with E-state index >= 15 is 0 Å². The number of hydrogen-bond donors (Lipinski definition) is 1. The lowest BCUT2D eigenvalue weighted by Crippen LogP contribution is -2.51. The third kappa shape index (κ3) is 7.11. The van der Waals surface area contributed by atoms with Gasteiger partial charge in [-0.1, -0.05) is 43.5 Å². The van der Waals surface area contributed by atoms with Crippen LogP contribution in [0.1, 0.15) is 83.7 Å². The zero-order valence-corrected chi connectivity index (χ0v) is 22.8. The van der Waals surface area contributed by atoms with Crippen LogP contribution in [0.4, 0.5) is 10.5 Å². The molecule has 1 aliphatic heterocycles. The Kier molecular flexibility index (Phi) is 9.02. The normalized spacial score (nSPS) is 19.0. The monoisotopic (exact) mass is 520 g/mol.